The second-order valence-corrected chi connectivity index (χ2v) is 10.4. The highest BCUT2D eigenvalue weighted by Crippen LogP contribution is 2.44. The third kappa shape index (κ3) is 6.01. The molecule has 0 unspecified atom stereocenters. The summed E-state index contributed by atoms with van der Waals surface area (Å²) in [4.78, 5) is 18.8. The van der Waals surface area contributed by atoms with Crippen molar-refractivity contribution in [3.8, 4) is 5.75 Å². The number of aliphatic imine (C=N–C) groups is 1. The van der Waals surface area contributed by atoms with Crippen molar-refractivity contribution in [1.29, 1.82) is 0 Å². The number of carbonyl (C=O) groups excluding carboxylic acids is 1. The molecule has 7 heteroatoms. The van der Waals surface area contributed by atoms with Crippen LogP contribution >= 0.6 is 15.9 Å². The minimum Gasteiger partial charge on any atom is -0.494 e. The summed E-state index contributed by atoms with van der Waals surface area (Å²) in [5.74, 6) is 1.50. The molecule has 1 fully saturated rings. The van der Waals surface area contributed by atoms with Gasteiger partial charge in [0.05, 0.1) is 6.61 Å². The largest absolute Gasteiger partial charge is 0.494 e. The Labute approximate surface area is 221 Å². The van der Waals surface area contributed by atoms with Crippen LogP contribution in [0.2, 0.25) is 0 Å². The lowest BCUT2D eigenvalue weighted by Crippen LogP contribution is -2.49. The lowest BCUT2D eigenvalue weighted by Gasteiger charge is -2.31. The van der Waals surface area contributed by atoms with E-state index in [1.165, 1.54) is 19.3 Å². The quantitative estimate of drug-likeness (QED) is 0.274. The number of hydrogen-bond acceptors (Lipinski definition) is 5. The molecule has 0 radical (unpaired) electrons. The van der Waals surface area contributed by atoms with E-state index in [2.05, 4.69) is 27.8 Å². The standard InChI is InChI=1S/C29H35BrN2O4/c1-2-17-29(28(34)31-20-21-9-4-3-5-10-21)26(24-11-6-7-12-25(24)30)36-27(32-29)22-13-15-23(16-14-22)35-19-8-18-33/h2,6-7,11-16,21,26,33H,1,3-5,8-10,17-20H2,(H,31,34)/t26-,29-/m1/s1. The Kier molecular flexibility index (Phi) is 9.21. The van der Waals surface area contributed by atoms with Crippen LogP contribution in [0.5, 0.6) is 5.75 Å². The average molecular weight is 556 g/mol. The van der Waals surface area contributed by atoms with E-state index in [4.69, 9.17) is 19.6 Å². The fourth-order valence-corrected chi connectivity index (χ4v) is 5.47. The molecule has 2 aliphatic rings. The van der Waals surface area contributed by atoms with Crippen LogP contribution in [-0.2, 0) is 9.53 Å². The van der Waals surface area contributed by atoms with Crippen molar-refractivity contribution in [2.24, 2.45) is 10.9 Å². The Hall–Kier alpha value is -2.64. The van der Waals surface area contributed by atoms with Crippen LogP contribution in [0.25, 0.3) is 0 Å². The Balaban J connectivity index is 1.64. The molecule has 2 aromatic carbocycles. The summed E-state index contributed by atoms with van der Waals surface area (Å²) in [6, 6.07) is 15.3. The van der Waals surface area contributed by atoms with Crippen LogP contribution in [0.4, 0.5) is 0 Å². The Morgan fingerprint density at radius 2 is 1.94 bits per heavy atom. The topological polar surface area (TPSA) is 80.2 Å². The van der Waals surface area contributed by atoms with E-state index in [-0.39, 0.29) is 12.5 Å². The van der Waals surface area contributed by atoms with Gasteiger partial charge in [-0.1, -0.05) is 59.5 Å². The van der Waals surface area contributed by atoms with Crippen LogP contribution in [0, 0.1) is 5.92 Å². The van der Waals surface area contributed by atoms with E-state index < -0.39 is 11.6 Å². The number of nitrogens with one attached hydrogen (secondary N) is 1. The highest BCUT2D eigenvalue weighted by Gasteiger charge is 2.53. The third-order valence-electron chi connectivity index (χ3n) is 6.95. The van der Waals surface area contributed by atoms with Crippen LogP contribution in [0.15, 0.2) is 70.7 Å². The summed E-state index contributed by atoms with van der Waals surface area (Å²) >= 11 is 3.65. The monoisotopic (exact) mass is 554 g/mol. The van der Waals surface area contributed by atoms with Gasteiger partial charge in [0.15, 0.2) is 11.6 Å². The van der Waals surface area contributed by atoms with Crippen LogP contribution in [-0.4, -0.2) is 42.2 Å². The van der Waals surface area contributed by atoms with Gasteiger partial charge >= 0.3 is 0 Å². The van der Waals surface area contributed by atoms with Crippen molar-refractivity contribution >= 4 is 27.7 Å². The van der Waals surface area contributed by atoms with Crippen molar-refractivity contribution in [3.63, 3.8) is 0 Å². The second kappa shape index (κ2) is 12.5. The third-order valence-corrected chi connectivity index (χ3v) is 7.67. The lowest BCUT2D eigenvalue weighted by molar-refractivity contribution is -0.129. The number of benzene rings is 2. The molecule has 4 rings (SSSR count). The number of aliphatic hydroxyl groups excluding tert-OH is 1. The molecule has 1 amide bonds. The molecule has 0 spiro atoms. The minimum absolute atomic E-state index is 0.0906. The second-order valence-electron chi connectivity index (χ2n) is 9.52. The maximum atomic E-state index is 13.9. The zero-order valence-corrected chi connectivity index (χ0v) is 22.2. The molecule has 2 aromatic rings. The first-order valence-electron chi connectivity index (χ1n) is 12.8. The normalized spacial score (nSPS) is 21.9. The SMILES string of the molecule is C=CC[C@@]1(C(=O)NCC2CCCCC2)N=C(c2ccc(OCCCO)cc2)O[C@@H]1c1ccccc1Br. The van der Waals surface area contributed by atoms with Gasteiger partial charge in [-0.25, -0.2) is 4.99 Å². The van der Waals surface area contributed by atoms with Crippen LogP contribution in [0.3, 0.4) is 0 Å². The van der Waals surface area contributed by atoms with Gasteiger partial charge in [0.2, 0.25) is 5.90 Å². The molecule has 2 N–H and O–H groups in total. The minimum atomic E-state index is -1.16. The van der Waals surface area contributed by atoms with Crippen molar-refractivity contribution in [2.75, 3.05) is 19.8 Å². The van der Waals surface area contributed by atoms with Crippen molar-refractivity contribution in [1.82, 2.24) is 5.32 Å². The fourth-order valence-electron chi connectivity index (χ4n) is 4.98. The molecule has 1 heterocycles. The molecule has 0 bridgehead atoms. The Morgan fingerprint density at radius 1 is 1.19 bits per heavy atom. The van der Waals surface area contributed by atoms with Crippen molar-refractivity contribution in [2.45, 2.75) is 56.6 Å². The summed E-state index contributed by atoms with van der Waals surface area (Å²) in [5.41, 5.74) is 0.480. The molecule has 1 aliphatic carbocycles. The van der Waals surface area contributed by atoms with Crippen LogP contribution in [0.1, 0.15) is 62.2 Å². The van der Waals surface area contributed by atoms with Gasteiger partial charge in [-0.2, -0.15) is 0 Å². The van der Waals surface area contributed by atoms with Gasteiger partial charge in [-0.3, -0.25) is 4.79 Å². The molecular formula is C29H35BrN2O4. The van der Waals surface area contributed by atoms with E-state index >= 15 is 0 Å². The predicted molar refractivity (Wildman–Crippen MR) is 145 cm³/mol. The molecular weight excluding hydrogens is 520 g/mol. The van der Waals surface area contributed by atoms with Crippen LogP contribution < -0.4 is 10.1 Å². The van der Waals surface area contributed by atoms with E-state index in [0.717, 1.165) is 28.4 Å². The number of nitrogens with zero attached hydrogens (tertiary/aromatic N) is 1. The summed E-state index contributed by atoms with van der Waals surface area (Å²) < 4.78 is 13.0. The first-order valence-corrected chi connectivity index (χ1v) is 13.6. The molecule has 1 aliphatic heterocycles. The fraction of sp³-hybridized carbons (Fsp3) is 0.448. The summed E-state index contributed by atoms with van der Waals surface area (Å²) in [6.45, 7) is 5.14. The predicted octanol–water partition coefficient (Wildman–Crippen LogP) is 5.74. The number of halogens is 1. The lowest BCUT2D eigenvalue weighted by atomic mass is 9.84. The van der Waals surface area contributed by atoms with Gasteiger partial charge in [-0.15, -0.1) is 6.58 Å². The Morgan fingerprint density at radius 3 is 2.64 bits per heavy atom. The molecule has 0 saturated heterocycles. The number of hydrogen-bond donors (Lipinski definition) is 2. The average Bonchev–Trinajstić information content (AvgIpc) is 3.29. The molecule has 1 saturated carbocycles. The first-order chi connectivity index (χ1) is 17.6. The molecule has 2 atom stereocenters. The van der Waals surface area contributed by atoms with E-state index in [1.807, 2.05) is 48.5 Å². The number of carbonyl (C=O) groups is 1. The summed E-state index contributed by atoms with van der Waals surface area (Å²) in [7, 11) is 0. The molecule has 0 aromatic heterocycles. The van der Waals surface area contributed by atoms with Gasteiger partial charge < -0.3 is 19.9 Å². The summed E-state index contributed by atoms with van der Waals surface area (Å²) in [5, 5.41) is 12.2. The smallest absolute Gasteiger partial charge is 0.252 e. The van der Waals surface area contributed by atoms with Gasteiger partial charge in [0, 0.05) is 41.6 Å². The van der Waals surface area contributed by atoms with Gasteiger partial charge in [0.25, 0.3) is 5.91 Å². The zero-order valence-electron chi connectivity index (χ0n) is 20.6. The zero-order chi connectivity index (χ0) is 25.4. The molecule has 192 valence electrons. The highest BCUT2D eigenvalue weighted by molar-refractivity contribution is 9.10. The molecule has 6 nitrogen and oxygen atoms in total. The highest BCUT2D eigenvalue weighted by atomic mass is 79.9. The number of ether oxygens (including phenoxy) is 2. The van der Waals surface area contributed by atoms with Crippen molar-refractivity contribution in [3.05, 3.63) is 76.8 Å². The van der Waals surface area contributed by atoms with E-state index in [1.54, 1.807) is 6.08 Å². The number of rotatable bonds is 11. The van der Waals surface area contributed by atoms with Crippen molar-refractivity contribution < 1.29 is 19.4 Å². The first kappa shape index (κ1) is 26.4. The maximum absolute atomic E-state index is 13.9. The Bertz CT molecular complexity index is 1070. The number of amides is 1. The van der Waals surface area contributed by atoms with E-state index in [0.29, 0.717) is 43.6 Å². The number of aliphatic hydroxyl groups is 1. The van der Waals surface area contributed by atoms with Gasteiger partial charge in [0.1, 0.15) is 5.75 Å². The molecule has 36 heavy (non-hydrogen) atoms. The van der Waals surface area contributed by atoms with E-state index in [9.17, 15) is 4.79 Å². The maximum Gasteiger partial charge on any atom is 0.252 e. The van der Waals surface area contributed by atoms with Gasteiger partial charge in [-0.05, 0) is 49.1 Å². The summed E-state index contributed by atoms with van der Waals surface area (Å²) in [6.07, 6.45) is 8.10.